The summed E-state index contributed by atoms with van der Waals surface area (Å²) >= 11 is 0. The second-order valence-corrected chi connectivity index (χ2v) is 13.8. The Labute approximate surface area is 275 Å². The Morgan fingerprint density at radius 3 is 2.19 bits per heavy atom. The molecule has 3 fully saturated rings. The van der Waals surface area contributed by atoms with Gasteiger partial charge < -0.3 is 14.2 Å². The average Bonchev–Trinajstić information content (AvgIpc) is 3.06. The van der Waals surface area contributed by atoms with E-state index in [9.17, 15) is 13.2 Å². The number of hydrogen-bond acceptors (Lipinski definition) is 3. The van der Waals surface area contributed by atoms with E-state index in [0.29, 0.717) is 36.3 Å². The molecule has 2 aromatic rings. The summed E-state index contributed by atoms with van der Waals surface area (Å²) in [6.45, 7) is 3.75. The van der Waals surface area contributed by atoms with Crippen LogP contribution in [0.15, 0.2) is 48.6 Å². The molecule has 1 heterocycles. The molecular formula is C38H48F6O3. The van der Waals surface area contributed by atoms with Crippen molar-refractivity contribution in [3.8, 4) is 5.75 Å². The van der Waals surface area contributed by atoms with Crippen LogP contribution in [0.25, 0.3) is 0 Å². The summed E-state index contributed by atoms with van der Waals surface area (Å²) in [6, 6.07) is 8.87. The van der Waals surface area contributed by atoms with Crippen LogP contribution < -0.4 is 4.74 Å². The van der Waals surface area contributed by atoms with Crippen LogP contribution in [0, 0.1) is 29.4 Å². The largest absolute Gasteiger partial charge is 0.432 e. The fourth-order valence-corrected chi connectivity index (χ4v) is 7.65. The van der Waals surface area contributed by atoms with Gasteiger partial charge in [-0.05, 0) is 117 Å². The van der Waals surface area contributed by atoms with Crippen molar-refractivity contribution in [2.24, 2.45) is 17.8 Å². The molecule has 0 amide bonds. The van der Waals surface area contributed by atoms with E-state index in [0.717, 1.165) is 56.9 Å². The smallest absolute Gasteiger partial charge is 0.400 e. The van der Waals surface area contributed by atoms with E-state index in [1.54, 1.807) is 6.07 Å². The van der Waals surface area contributed by atoms with Crippen molar-refractivity contribution in [3.63, 3.8) is 0 Å². The first kappa shape index (κ1) is 35.8. The highest BCUT2D eigenvalue weighted by Crippen LogP contribution is 2.45. The topological polar surface area (TPSA) is 27.7 Å². The van der Waals surface area contributed by atoms with Crippen molar-refractivity contribution in [2.75, 3.05) is 13.2 Å². The molecule has 0 atom stereocenters. The summed E-state index contributed by atoms with van der Waals surface area (Å²) in [5, 5.41) is 0. The summed E-state index contributed by atoms with van der Waals surface area (Å²) in [5.41, 5.74) is 1.71. The zero-order valence-corrected chi connectivity index (χ0v) is 27.3. The number of allylic oxidation sites excluding steroid dienone is 1. The number of ether oxygens (including phenoxy) is 3. The molecule has 3 aliphatic rings. The highest BCUT2D eigenvalue weighted by atomic mass is 19.3. The maximum Gasteiger partial charge on any atom is 0.400 e. The second kappa shape index (κ2) is 16.7. The fourth-order valence-electron chi connectivity index (χ4n) is 7.65. The number of halogens is 6. The van der Waals surface area contributed by atoms with Gasteiger partial charge in [0.1, 0.15) is 17.4 Å². The molecule has 260 valence electrons. The number of unbranched alkanes of at least 4 members (excludes halogenated alkanes) is 2. The first-order chi connectivity index (χ1) is 22.6. The maximum atomic E-state index is 15.4. The third kappa shape index (κ3) is 9.78. The molecular weight excluding hydrogens is 618 g/mol. The molecule has 2 aromatic carbocycles. The molecule has 47 heavy (non-hydrogen) atoms. The molecule has 0 radical (unpaired) electrons. The first-order valence-corrected chi connectivity index (χ1v) is 17.5. The zero-order chi connectivity index (χ0) is 33.4. The first-order valence-electron chi connectivity index (χ1n) is 17.5. The molecule has 3 nitrogen and oxygen atoms in total. The minimum atomic E-state index is -3.52. The second-order valence-electron chi connectivity index (χ2n) is 13.8. The van der Waals surface area contributed by atoms with Crippen molar-refractivity contribution in [1.82, 2.24) is 0 Å². The number of alkyl halides is 2. The number of rotatable bonds is 13. The van der Waals surface area contributed by atoms with E-state index in [1.165, 1.54) is 31.4 Å². The third-order valence-corrected chi connectivity index (χ3v) is 10.5. The molecule has 0 N–H and O–H groups in total. The Morgan fingerprint density at radius 1 is 0.851 bits per heavy atom. The Morgan fingerprint density at radius 2 is 1.55 bits per heavy atom. The molecule has 2 aliphatic carbocycles. The molecule has 0 unspecified atom stereocenters. The van der Waals surface area contributed by atoms with Gasteiger partial charge in [0.2, 0.25) is 0 Å². The van der Waals surface area contributed by atoms with Crippen LogP contribution in [0.4, 0.5) is 26.3 Å². The lowest BCUT2D eigenvalue weighted by Gasteiger charge is -2.38. The SMILES string of the molecule is CCCCCC1COC(C2CCC(c3ccc(C4CCC(C(F)(F)Oc5ccc(CCC=C(F)F)c(F)c5)CC4)c(F)c3)CC2)OC1. The van der Waals surface area contributed by atoms with Crippen LogP contribution in [0.5, 0.6) is 5.75 Å². The maximum absolute atomic E-state index is 15.4. The Hall–Kier alpha value is -2.52. The van der Waals surface area contributed by atoms with Gasteiger partial charge in [-0.3, -0.25) is 0 Å². The van der Waals surface area contributed by atoms with Crippen molar-refractivity contribution >= 4 is 0 Å². The van der Waals surface area contributed by atoms with Gasteiger partial charge in [0.05, 0.1) is 19.1 Å². The van der Waals surface area contributed by atoms with E-state index >= 15 is 13.2 Å². The van der Waals surface area contributed by atoms with Crippen LogP contribution in [0.2, 0.25) is 0 Å². The van der Waals surface area contributed by atoms with Gasteiger partial charge in [-0.25, -0.2) is 8.78 Å². The Kier molecular flexibility index (Phi) is 12.7. The summed E-state index contributed by atoms with van der Waals surface area (Å²) < 4.78 is 102. The molecule has 2 saturated carbocycles. The van der Waals surface area contributed by atoms with E-state index in [-0.39, 0.29) is 60.9 Å². The van der Waals surface area contributed by atoms with Crippen molar-refractivity contribution < 1.29 is 40.6 Å². The highest BCUT2D eigenvalue weighted by Gasteiger charge is 2.44. The minimum Gasteiger partial charge on any atom is -0.432 e. The number of aryl methyl sites for hydroxylation is 1. The Balaban J connectivity index is 1.07. The fraction of sp³-hybridized carbons (Fsp3) is 0.632. The summed E-state index contributed by atoms with van der Waals surface area (Å²) in [5.74, 6) is -1.47. The van der Waals surface area contributed by atoms with Crippen LogP contribution >= 0.6 is 0 Å². The van der Waals surface area contributed by atoms with Crippen LogP contribution in [0.3, 0.4) is 0 Å². The van der Waals surface area contributed by atoms with Gasteiger partial charge in [0, 0.05) is 17.9 Å². The van der Waals surface area contributed by atoms with Crippen molar-refractivity contribution in [1.29, 1.82) is 0 Å². The Bertz CT molecular complexity index is 1300. The summed E-state index contributed by atoms with van der Waals surface area (Å²) in [7, 11) is 0. The number of benzene rings is 2. The molecule has 5 rings (SSSR count). The number of hydrogen-bond donors (Lipinski definition) is 0. The molecule has 1 saturated heterocycles. The predicted octanol–water partition coefficient (Wildman–Crippen LogP) is 11.5. The average molecular weight is 667 g/mol. The summed E-state index contributed by atoms with van der Waals surface area (Å²) in [6.07, 6.45) is 4.95. The predicted molar refractivity (Wildman–Crippen MR) is 170 cm³/mol. The van der Waals surface area contributed by atoms with Crippen LogP contribution in [0.1, 0.15) is 119 Å². The molecule has 0 aromatic heterocycles. The van der Waals surface area contributed by atoms with Gasteiger partial charge in [-0.1, -0.05) is 44.4 Å². The lowest BCUT2D eigenvalue weighted by Crippen LogP contribution is -2.38. The monoisotopic (exact) mass is 666 g/mol. The van der Waals surface area contributed by atoms with Gasteiger partial charge in [-0.15, -0.1) is 0 Å². The third-order valence-electron chi connectivity index (χ3n) is 10.5. The van der Waals surface area contributed by atoms with E-state index < -0.39 is 23.9 Å². The highest BCUT2D eigenvalue weighted by molar-refractivity contribution is 5.31. The lowest BCUT2D eigenvalue weighted by atomic mass is 9.76. The van der Waals surface area contributed by atoms with Crippen LogP contribution in [-0.2, 0) is 15.9 Å². The van der Waals surface area contributed by atoms with Gasteiger partial charge in [-0.2, -0.15) is 17.6 Å². The molecule has 9 heteroatoms. The van der Waals surface area contributed by atoms with Crippen molar-refractivity contribution in [3.05, 3.63) is 76.9 Å². The summed E-state index contributed by atoms with van der Waals surface area (Å²) in [4.78, 5) is 0. The van der Waals surface area contributed by atoms with Crippen molar-refractivity contribution in [2.45, 2.75) is 121 Å². The minimum absolute atomic E-state index is 0.0213. The van der Waals surface area contributed by atoms with E-state index in [4.69, 9.17) is 14.2 Å². The van der Waals surface area contributed by atoms with Gasteiger partial charge in [0.25, 0.3) is 6.08 Å². The van der Waals surface area contributed by atoms with Gasteiger partial charge in [0.15, 0.2) is 6.29 Å². The van der Waals surface area contributed by atoms with Gasteiger partial charge >= 0.3 is 6.11 Å². The quantitative estimate of drug-likeness (QED) is 0.157. The molecule has 0 spiro atoms. The standard InChI is InChI=1S/C38H48F6O3/c1-2-3-4-6-25-23-45-37(46-24-25)29-11-9-26(10-12-29)30-16-20-33(35(40)21-30)27-13-17-31(18-14-27)38(43,44)47-32-19-15-28(34(39)22-32)7-5-8-36(41)42/h8,15-16,19-22,25-27,29,31,37H,2-7,9-14,17-18,23-24H2,1H3. The zero-order valence-electron chi connectivity index (χ0n) is 27.3. The van der Waals surface area contributed by atoms with E-state index in [2.05, 4.69) is 6.92 Å². The van der Waals surface area contributed by atoms with Crippen LogP contribution in [-0.4, -0.2) is 25.6 Å². The lowest BCUT2D eigenvalue weighted by molar-refractivity contribution is -0.229. The molecule has 0 bridgehead atoms. The van der Waals surface area contributed by atoms with E-state index in [1.807, 2.05) is 12.1 Å². The normalized spacial score (nSPS) is 27.0. The molecule has 1 aliphatic heterocycles.